The lowest BCUT2D eigenvalue weighted by molar-refractivity contribution is 0.0697. The Bertz CT molecular complexity index is 767. The van der Waals surface area contributed by atoms with Gasteiger partial charge >= 0.3 is 5.97 Å². The van der Waals surface area contributed by atoms with Crippen molar-refractivity contribution in [2.75, 3.05) is 26.2 Å². The van der Waals surface area contributed by atoms with Gasteiger partial charge in [0.05, 0.1) is 5.56 Å². The average molecular weight is 379 g/mol. The summed E-state index contributed by atoms with van der Waals surface area (Å²) in [6, 6.07) is 18.8. The highest BCUT2D eigenvalue weighted by molar-refractivity contribution is 5.87. The number of carbonyl (C=O) groups is 1. The van der Waals surface area contributed by atoms with Crippen LogP contribution in [0.15, 0.2) is 54.6 Å². The van der Waals surface area contributed by atoms with Gasteiger partial charge in [0, 0.05) is 18.5 Å². The zero-order chi connectivity index (χ0) is 19.3. The van der Waals surface area contributed by atoms with Gasteiger partial charge in [0.15, 0.2) is 0 Å². The third-order valence-corrected chi connectivity index (χ3v) is 6.31. The number of benzene rings is 2. The Morgan fingerprint density at radius 2 is 1.75 bits per heavy atom. The van der Waals surface area contributed by atoms with E-state index in [0.29, 0.717) is 17.5 Å². The number of hydrogen-bond donors (Lipinski definition) is 2. The second kappa shape index (κ2) is 8.89. The molecule has 1 saturated heterocycles. The van der Waals surface area contributed by atoms with E-state index in [1.165, 1.54) is 43.5 Å². The summed E-state index contributed by atoms with van der Waals surface area (Å²) in [6.07, 6.45) is 4.81. The molecule has 0 unspecified atom stereocenters. The highest BCUT2D eigenvalue weighted by Crippen LogP contribution is 2.40. The molecule has 1 heterocycles. The molecule has 0 aromatic heterocycles. The molecule has 1 aliphatic heterocycles. The first kappa shape index (κ1) is 19.2. The smallest absolute Gasteiger partial charge is 0.335 e. The number of carboxylic acid groups (broad SMARTS) is 1. The van der Waals surface area contributed by atoms with Crippen LogP contribution in [0.4, 0.5) is 0 Å². The fourth-order valence-electron chi connectivity index (χ4n) is 4.32. The molecule has 4 rings (SSSR count). The van der Waals surface area contributed by atoms with E-state index in [-0.39, 0.29) is 0 Å². The van der Waals surface area contributed by atoms with E-state index in [9.17, 15) is 4.79 Å². The highest BCUT2D eigenvalue weighted by atomic mass is 16.4. The van der Waals surface area contributed by atoms with E-state index >= 15 is 0 Å². The van der Waals surface area contributed by atoms with Gasteiger partial charge in [-0.2, -0.15) is 0 Å². The van der Waals surface area contributed by atoms with Crippen molar-refractivity contribution in [3.8, 4) is 0 Å². The van der Waals surface area contributed by atoms with E-state index in [1.54, 1.807) is 12.1 Å². The molecule has 1 saturated carbocycles. The first-order valence-electron chi connectivity index (χ1n) is 10.5. The van der Waals surface area contributed by atoms with Crippen molar-refractivity contribution in [1.82, 2.24) is 10.2 Å². The van der Waals surface area contributed by atoms with Gasteiger partial charge in [-0.3, -0.25) is 0 Å². The number of nitrogens with zero attached hydrogens (tertiary/aromatic N) is 1. The first-order valence-corrected chi connectivity index (χ1v) is 10.5. The molecule has 0 amide bonds. The second-order valence-corrected chi connectivity index (χ2v) is 8.30. The summed E-state index contributed by atoms with van der Waals surface area (Å²) in [6.45, 7) is 4.56. The topological polar surface area (TPSA) is 52.6 Å². The Morgan fingerprint density at radius 3 is 2.43 bits per heavy atom. The quantitative estimate of drug-likeness (QED) is 0.734. The van der Waals surface area contributed by atoms with Crippen molar-refractivity contribution in [1.29, 1.82) is 0 Å². The largest absolute Gasteiger partial charge is 0.478 e. The van der Waals surface area contributed by atoms with E-state index in [2.05, 4.69) is 40.5 Å². The fraction of sp³-hybridized carbons (Fsp3) is 0.458. The first-order chi connectivity index (χ1) is 13.7. The van der Waals surface area contributed by atoms with Crippen LogP contribution >= 0.6 is 0 Å². The van der Waals surface area contributed by atoms with Gasteiger partial charge in [0.1, 0.15) is 0 Å². The molecule has 0 bridgehead atoms. The maximum atomic E-state index is 10.9. The van der Waals surface area contributed by atoms with Crippen LogP contribution in [0.25, 0.3) is 0 Å². The van der Waals surface area contributed by atoms with E-state index in [4.69, 9.17) is 5.11 Å². The van der Waals surface area contributed by atoms with Crippen molar-refractivity contribution in [2.24, 2.45) is 5.92 Å². The highest BCUT2D eigenvalue weighted by Gasteiger charge is 2.38. The third kappa shape index (κ3) is 5.00. The Kier molecular flexibility index (Phi) is 6.08. The summed E-state index contributed by atoms with van der Waals surface area (Å²) in [7, 11) is 0. The van der Waals surface area contributed by atoms with Crippen LogP contribution in [-0.2, 0) is 6.42 Å². The summed E-state index contributed by atoms with van der Waals surface area (Å²) in [5, 5.41) is 12.8. The van der Waals surface area contributed by atoms with Gasteiger partial charge in [-0.25, -0.2) is 4.79 Å². The number of rotatable bonds is 8. The number of likely N-dealkylation sites (tertiary alicyclic amines) is 1. The van der Waals surface area contributed by atoms with Gasteiger partial charge < -0.3 is 15.3 Å². The SMILES string of the molecule is O=C(O)c1ccc(CCN2CCC(CN[C@@H]3C[C@H]3c3ccccc3)CC2)cc1. The summed E-state index contributed by atoms with van der Waals surface area (Å²) >= 11 is 0. The number of aromatic carboxylic acids is 1. The molecule has 2 fully saturated rings. The van der Waals surface area contributed by atoms with Gasteiger partial charge in [-0.05, 0) is 74.5 Å². The van der Waals surface area contributed by atoms with Crippen LogP contribution in [0.2, 0.25) is 0 Å². The molecule has 4 nitrogen and oxygen atoms in total. The minimum atomic E-state index is -0.858. The molecule has 2 aliphatic rings. The monoisotopic (exact) mass is 378 g/mol. The van der Waals surface area contributed by atoms with Crippen molar-refractivity contribution in [3.05, 3.63) is 71.3 Å². The van der Waals surface area contributed by atoms with Crippen molar-refractivity contribution in [3.63, 3.8) is 0 Å². The van der Waals surface area contributed by atoms with Crippen molar-refractivity contribution in [2.45, 2.75) is 37.6 Å². The zero-order valence-corrected chi connectivity index (χ0v) is 16.4. The molecule has 2 aromatic rings. The summed E-state index contributed by atoms with van der Waals surface area (Å²) < 4.78 is 0. The molecular formula is C24H30N2O2. The Morgan fingerprint density at radius 1 is 1.04 bits per heavy atom. The molecule has 148 valence electrons. The molecule has 1 aliphatic carbocycles. The lowest BCUT2D eigenvalue weighted by atomic mass is 9.96. The van der Waals surface area contributed by atoms with E-state index < -0.39 is 5.97 Å². The van der Waals surface area contributed by atoms with Crippen LogP contribution in [0.1, 0.15) is 46.7 Å². The normalized spacial score (nSPS) is 22.9. The van der Waals surface area contributed by atoms with Crippen molar-refractivity contribution >= 4 is 5.97 Å². The molecule has 2 N–H and O–H groups in total. The summed E-state index contributed by atoms with van der Waals surface area (Å²) in [5.74, 6) is 0.653. The fourth-order valence-corrected chi connectivity index (χ4v) is 4.32. The number of hydrogen-bond acceptors (Lipinski definition) is 3. The minimum Gasteiger partial charge on any atom is -0.478 e. The van der Waals surface area contributed by atoms with Crippen molar-refractivity contribution < 1.29 is 9.90 Å². The third-order valence-electron chi connectivity index (χ3n) is 6.31. The predicted octanol–water partition coefficient (Wildman–Crippen LogP) is 3.79. The average Bonchev–Trinajstić information content (AvgIpc) is 3.52. The predicted molar refractivity (Wildman–Crippen MR) is 112 cm³/mol. The molecule has 0 radical (unpaired) electrons. The summed E-state index contributed by atoms with van der Waals surface area (Å²) in [5.41, 5.74) is 3.06. The van der Waals surface area contributed by atoms with Crippen LogP contribution in [0.5, 0.6) is 0 Å². The Balaban J connectivity index is 1.13. The maximum Gasteiger partial charge on any atom is 0.335 e. The van der Waals surface area contributed by atoms with Gasteiger partial charge in [0.25, 0.3) is 0 Å². The zero-order valence-electron chi connectivity index (χ0n) is 16.4. The van der Waals surface area contributed by atoms with Crippen LogP contribution in [0, 0.1) is 5.92 Å². The summed E-state index contributed by atoms with van der Waals surface area (Å²) in [4.78, 5) is 13.5. The van der Waals surface area contributed by atoms with E-state index in [1.807, 2.05) is 12.1 Å². The molecule has 4 heteroatoms. The molecule has 2 aromatic carbocycles. The molecule has 0 spiro atoms. The lowest BCUT2D eigenvalue weighted by Gasteiger charge is -2.32. The Labute approximate surface area is 167 Å². The lowest BCUT2D eigenvalue weighted by Crippen LogP contribution is -2.38. The maximum absolute atomic E-state index is 10.9. The number of piperidine rings is 1. The molecule has 2 atom stereocenters. The van der Waals surface area contributed by atoms with Gasteiger partial charge in [-0.15, -0.1) is 0 Å². The molecule has 28 heavy (non-hydrogen) atoms. The van der Waals surface area contributed by atoms with E-state index in [0.717, 1.165) is 25.4 Å². The molecular weight excluding hydrogens is 348 g/mol. The van der Waals surface area contributed by atoms with Gasteiger partial charge in [0.2, 0.25) is 0 Å². The van der Waals surface area contributed by atoms with Crippen LogP contribution in [-0.4, -0.2) is 48.2 Å². The van der Waals surface area contributed by atoms with Crippen LogP contribution < -0.4 is 5.32 Å². The second-order valence-electron chi connectivity index (χ2n) is 8.30. The van der Waals surface area contributed by atoms with Gasteiger partial charge in [-0.1, -0.05) is 42.5 Å². The van der Waals surface area contributed by atoms with Crippen LogP contribution in [0.3, 0.4) is 0 Å². The number of carboxylic acids is 1. The number of nitrogens with one attached hydrogen (secondary N) is 1. The Hall–Kier alpha value is -2.17. The minimum absolute atomic E-state index is 0.363. The standard InChI is InChI=1S/C24H30N2O2/c27-24(28)21-8-6-18(7-9-21)10-13-26-14-11-19(12-15-26)17-25-23-16-22(23)20-4-2-1-3-5-20/h1-9,19,22-23,25H,10-17H2,(H,27,28)/t22-,23+/m0/s1.